The minimum absolute atomic E-state index is 0. The normalized spacial score (nSPS) is 19.7. The van der Waals surface area contributed by atoms with Crippen molar-refractivity contribution in [3.05, 3.63) is 34.0 Å². The molecule has 2 aromatic rings. The number of aryl methyl sites for hydroxylation is 1. The average Bonchev–Trinajstić information content (AvgIpc) is 2.52. The van der Waals surface area contributed by atoms with Crippen LogP contribution in [0.25, 0.3) is 11.0 Å². The van der Waals surface area contributed by atoms with E-state index in [0.717, 1.165) is 40.3 Å². The SMILES string of the molecule is Cc1oc2ccc(Cl)c3c2c1CN(C)C(N)C3.Cl. The van der Waals surface area contributed by atoms with Gasteiger partial charge in [-0.3, -0.25) is 4.90 Å². The van der Waals surface area contributed by atoms with E-state index in [0.29, 0.717) is 0 Å². The van der Waals surface area contributed by atoms with E-state index in [-0.39, 0.29) is 18.6 Å². The second kappa shape index (κ2) is 4.74. The molecule has 1 aliphatic rings. The van der Waals surface area contributed by atoms with Crippen molar-refractivity contribution in [3.63, 3.8) is 0 Å². The Morgan fingerprint density at radius 3 is 2.83 bits per heavy atom. The van der Waals surface area contributed by atoms with E-state index in [9.17, 15) is 0 Å². The number of halogens is 2. The van der Waals surface area contributed by atoms with Gasteiger partial charge in [-0.2, -0.15) is 0 Å². The molecular formula is C13H16Cl2N2O. The molecule has 1 atom stereocenters. The van der Waals surface area contributed by atoms with E-state index in [2.05, 4.69) is 4.90 Å². The summed E-state index contributed by atoms with van der Waals surface area (Å²) in [4.78, 5) is 2.13. The number of hydrogen-bond donors (Lipinski definition) is 1. The second-order valence-electron chi connectivity index (χ2n) is 4.72. The molecule has 0 radical (unpaired) electrons. The predicted octanol–water partition coefficient (Wildman–Crippen LogP) is 3.09. The van der Waals surface area contributed by atoms with Gasteiger partial charge in [-0.05, 0) is 31.7 Å². The van der Waals surface area contributed by atoms with Gasteiger partial charge in [0.2, 0.25) is 0 Å². The van der Waals surface area contributed by atoms with Gasteiger partial charge in [0.15, 0.2) is 0 Å². The minimum Gasteiger partial charge on any atom is -0.461 e. The highest BCUT2D eigenvalue weighted by Crippen LogP contribution is 2.36. The Labute approximate surface area is 117 Å². The van der Waals surface area contributed by atoms with Crippen molar-refractivity contribution in [2.45, 2.75) is 26.1 Å². The van der Waals surface area contributed by atoms with Crippen molar-refractivity contribution >= 4 is 35.0 Å². The molecule has 5 heteroatoms. The molecule has 1 aromatic carbocycles. The van der Waals surface area contributed by atoms with Crippen LogP contribution in [0.15, 0.2) is 16.5 Å². The third-order valence-electron chi connectivity index (χ3n) is 3.59. The zero-order valence-corrected chi connectivity index (χ0v) is 11.9. The fourth-order valence-electron chi connectivity index (χ4n) is 2.54. The largest absolute Gasteiger partial charge is 0.461 e. The molecule has 0 bridgehead atoms. The Kier molecular flexibility index (Phi) is 3.60. The molecule has 1 aliphatic heterocycles. The Morgan fingerprint density at radius 1 is 1.39 bits per heavy atom. The van der Waals surface area contributed by atoms with Crippen LogP contribution >= 0.6 is 24.0 Å². The fraction of sp³-hybridized carbons (Fsp3) is 0.385. The first kappa shape index (κ1) is 13.7. The van der Waals surface area contributed by atoms with E-state index in [1.807, 2.05) is 26.1 Å². The summed E-state index contributed by atoms with van der Waals surface area (Å²) in [7, 11) is 2.03. The van der Waals surface area contributed by atoms with E-state index in [4.69, 9.17) is 21.8 Å². The van der Waals surface area contributed by atoms with Gasteiger partial charge in [-0.1, -0.05) is 11.6 Å². The molecule has 0 fully saturated rings. The molecule has 0 amide bonds. The lowest BCUT2D eigenvalue weighted by Gasteiger charge is -2.21. The molecule has 1 unspecified atom stereocenters. The van der Waals surface area contributed by atoms with Crippen molar-refractivity contribution in [1.82, 2.24) is 4.90 Å². The zero-order chi connectivity index (χ0) is 12.2. The Morgan fingerprint density at radius 2 is 2.11 bits per heavy atom. The first-order chi connectivity index (χ1) is 8.08. The summed E-state index contributed by atoms with van der Waals surface area (Å²) in [6.07, 6.45) is 0.767. The van der Waals surface area contributed by atoms with E-state index >= 15 is 0 Å². The van der Waals surface area contributed by atoms with Gasteiger partial charge in [0.1, 0.15) is 11.3 Å². The van der Waals surface area contributed by atoms with E-state index in [1.54, 1.807) is 0 Å². The van der Waals surface area contributed by atoms with Crippen LogP contribution in [-0.2, 0) is 13.0 Å². The van der Waals surface area contributed by atoms with Crippen LogP contribution in [0.2, 0.25) is 5.02 Å². The summed E-state index contributed by atoms with van der Waals surface area (Å²) in [6.45, 7) is 2.81. The van der Waals surface area contributed by atoms with Gasteiger partial charge in [0, 0.05) is 28.9 Å². The molecule has 3 nitrogen and oxygen atoms in total. The zero-order valence-electron chi connectivity index (χ0n) is 10.4. The van der Waals surface area contributed by atoms with Crippen molar-refractivity contribution in [3.8, 4) is 0 Å². The molecule has 3 rings (SSSR count). The topological polar surface area (TPSA) is 42.4 Å². The number of rotatable bonds is 0. The Bertz CT molecular complexity index is 594. The van der Waals surface area contributed by atoms with Crippen LogP contribution in [-0.4, -0.2) is 18.1 Å². The maximum Gasteiger partial charge on any atom is 0.134 e. The molecule has 0 aliphatic carbocycles. The lowest BCUT2D eigenvalue weighted by molar-refractivity contribution is 0.240. The van der Waals surface area contributed by atoms with Gasteiger partial charge in [0.05, 0.1) is 6.17 Å². The first-order valence-corrected chi connectivity index (χ1v) is 6.11. The van der Waals surface area contributed by atoms with Gasteiger partial charge in [0.25, 0.3) is 0 Å². The molecule has 0 spiro atoms. The maximum atomic E-state index is 6.29. The molecule has 0 saturated heterocycles. The van der Waals surface area contributed by atoms with Crippen molar-refractivity contribution in [1.29, 1.82) is 0 Å². The lowest BCUT2D eigenvalue weighted by atomic mass is 10.0. The molecular weight excluding hydrogens is 271 g/mol. The summed E-state index contributed by atoms with van der Waals surface area (Å²) in [5.74, 6) is 0.962. The maximum absolute atomic E-state index is 6.29. The molecule has 2 heterocycles. The third kappa shape index (κ3) is 1.91. The number of likely N-dealkylation sites (N-methyl/N-ethyl adjacent to an activating group) is 1. The number of nitrogens with zero attached hydrogens (tertiary/aromatic N) is 1. The van der Waals surface area contributed by atoms with Gasteiger partial charge >= 0.3 is 0 Å². The van der Waals surface area contributed by atoms with Crippen LogP contribution < -0.4 is 5.73 Å². The number of benzene rings is 1. The van der Waals surface area contributed by atoms with Crippen LogP contribution in [0.3, 0.4) is 0 Å². The van der Waals surface area contributed by atoms with E-state index < -0.39 is 0 Å². The van der Waals surface area contributed by atoms with Crippen LogP contribution in [0.4, 0.5) is 0 Å². The predicted molar refractivity (Wildman–Crippen MR) is 76.4 cm³/mol. The van der Waals surface area contributed by atoms with Crippen LogP contribution in [0.5, 0.6) is 0 Å². The lowest BCUT2D eigenvalue weighted by Crippen LogP contribution is -2.39. The highest BCUT2D eigenvalue weighted by Gasteiger charge is 2.25. The smallest absolute Gasteiger partial charge is 0.134 e. The number of nitrogens with two attached hydrogens (primary N) is 1. The molecule has 2 N–H and O–H groups in total. The van der Waals surface area contributed by atoms with Crippen molar-refractivity contribution in [2.24, 2.45) is 5.73 Å². The number of furan rings is 1. The summed E-state index contributed by atoms with van der Waals surface area (Å²) in [5.41, 5.74) is 9.40. The Hall–Kier alpha value is -0.740. The second-order valence-corrected chi connectivity index (χ2v) is 5.13. The standard InChI is InChI=1S/C13H15ClN2O.ClH/c1-7-9-6-16(2)12(15)5-8-10(14)3-4-11(17-7)13(8)9;/h3-4,12H,5-6,15H2,1-2H3;1H. The average molecular weight is 287 g/mol. The highest BCUT2D eigenvalue weighted by atomic mass is 35.5. The molecule has 0 saturated carbocycles. The summed E-state index contributed by atoms with van der Waals surface area (Å²) >= 11 is 6.29. The summed E-state index contributed by atoms with van der Waals surface area (Å²) in [5, 5.41) is 1.94. The molecule has 18 heavy (non-hydrogen) atoms. The van der Waals surface area contributed by atoms with Gasteiger partial charge in [-0.15, -0.1) is 12.4 Å². The van der Waals surface area contributed by atoms with Crippen LogP contribution in [0, 0.1) is 6.92 Å². The summed E-state index contributed by atoms with van der Waals surface area (Å²) in [6, 6.07) is 3.83. The number of hydrogen-bond acceptors (Lipinski definition) is 3. The van der Waals surface area contributed by atoms with E-state index in [1.165, 1.54) is 5.56 Å². The van der Waals surface area contributed by atoms with Crippen molar-refractivity contribution < 1.29 is 4.42 Å². The minimum atomic E-state index is 0. The first-order valence-electron chi connectivity index (χ1n) is 5.73. The quantitative estimate of drug-likeness (QED) is 0.809. The highest BCUT2D eigenvalue weighted by molar-refractivity contribution is 6.32. The monoisotopic (exact) mass is 286 g/mol. The van der Waals surface area contributed by atoms with Gasteiger partial charge < -0.3 is 10.2 Å². The van der Waals surface area contributed by atoms with Gasteiger partial charge in [-0.25, -0.2) is 0 Å². The van der Waals surface area contributed by atoms with Crippen LogP contribution in [0.1, 0.15) is 16.9 Å². The third-order valence-corrected chi connectivity index (χ3v) is 3.95. The molecule has 98 valence electrons. The Balaban J connectivity index is 0.00000120. The molecule has 1 aromatic heterocycles. The van der Waals surface area contributed by atoms with Crippen molar-refractivity contribution in [2.75, 3.05) is 7.05 Å². The fourth-order valence-corrected chi connectivity index (χ4v) is 2.78. The summed E-state index contributed by atoms with van der Waals surface area (Å²) < 4.78 is 5.78.